The fourth-order valence-electron chi connectivity index (χ4n) is 4.87. The lowest BCUT2D eigenvalue weighted by Gasteiger charge is -2.07. The molecule has 0 unspecified atom stereocenters. The Morgan fingerprint density at radius 2 is 1.17 bits per heavy atom. The van der Waals surface area contributed by atoms with E-state index in [2.05, 4.69) is 29.0 Å². The summed E-state index contributed by atoms with van der Waals surface area (Å²) in [7, 11) is 2.83. The van der Waals surface area contributed by atoms with Crippen LogP contribution in [0.5, 0.6) is 23.5 Å². The SMILES string of the molecule is CCOc1nn(C(=O)NOOSc2c(F)cccc2C(=O)OC)c(=S)n1C.CCOc1nn(C(=O)Oc2ccccc2)c(=S)n1C.COC(=O)c1cccc(F)c1S(N)(=O)=O.COc1ccccc1. The minimum atomic E-state index is -4.30. The van der Waals surface area contributed by atoms with Gasteiger partial charge in [-0.2, -0.15) is 5.48 Å². The second-order valence-corrected chi connectivity index (χ2v) is 15.5. The highest BCUT2D eigenvalue weighted by Crippen LogP contribution is 2.27. The van der Waals surface area contributed by atoms with Gasteiger partial charge in [0, 0.05) is 14.1 Å². The molecule has 0 radical (unpaired) electrons. The molecule has 0 bridgehead atoms. The molecule has 6 aromatic rings. The number of hydrogen-bond acceptors (Lipinski definition) is 19. The van der Waals surface area contributed by atoms with Gasteiger partial charge >= 0.3 is 36.1 Å². The summed E-state index contributed by atoms with van der Waals surface area (Å²) in [5, 5.41) is 12.6. The Bertz CT molecular complexity index is 2920. The third-order valence-electron chi connectivity index (χ3n) is 8.03. The Morgan fingerprint density at radius 1 is 0.696 bits per heavy atom. The standard InChI is InChI=1S/C14H15FN4O6S2.C12H13N3O3S.C8H8FNO4S.C7H8O/c1-4-23-13-16-19(14(26)18(13)2)12(21)17-24-25-27-10-8(11(20)22-3)6-5-7-9(10)15;1-3-17-10-13-15(11(19)14(10)2)12(16)18-9-7-5-4-6-8-9;1-14-8(11)5-3-2-4-6(9)7(5)15(10,12)13;1-8-7-5-3-2-4-6-7/h5-7H,4H2,1-3H3,(H,17,21);4-8H,3H2,1-2H3;2-4H,1H3,(H2,10,12,13);2-6H,1H3. The van der Waals surface area contributed by atoms with Crippen LogP contribution in [0.4, 0.5) is 18.4 Å². The fraction of sp³-hybridized carbons (Fsp3) is 0.220. The second-order valence-electron chi connectivity index (χ2n) is 12.5. The number of primary sulfonamides is 1. The van der Waals surface area contributed by atoms with Crippen molar-refractivity contribution in [1.82, 2.24) is 34.2 Å². The zero-order valence-corrected chi connectivity index (χ0v) is 40.8. The Balaban J connectivity index is 0.000000262. The first-order valence-electron chi connectivity index (χ1n) is 19.4. The number of ether oxygens (including phenoxy) is 6. The van der Waals surface area contributed by atoms with Crippen molar-refractivity contribution < 1.29 is 74.1 Å². The van der Waals surface area contributed by atoms with Crippen molar-refractivity contribution in [3.05, 3.63) is 129 Å². The van der Waals surface area contributed by atoms with Gasteiger partial charge in [0.05, 0.1) is 62.6 Å². The van der Waals surface area contributed by atoms with E-state index in [9.17, 15) is 36.4 Å². The quantitative estimate of drug-likeness (QED) is 0.0302. The predicted octanol–water partition coefficient (Wildman–Crippen LogP) is 6.76. The van der Waals surface area contributed by atoms with E-state index in [1.165, 1.54) is 27.3 Å². The lowest BCUT2D eigenvalue weighted by Crippen LogP contribution is -2.29. The number of nitrogens with zero attached hydrogens (tertiary/aromatic N) is 6. The summed E-state index contributed by atoms with van der Waals surface area (Å²) in [6.07, 6.45) is -0.669. The van der Waals surface area contributed by atoms with Gasteiger partial charge in [0.2, 0.25) is 19.6 Å². The maximum Gasteiger partial charge on any atom is 0.442 e. The summed E-state index contributed by atoms with van der Waals surface area (Å²) in [4.78, 5) is 50.2. The summed E-state index contributed by atoms with van der Waals surface area (Å²) in [6, 6.07) is 25.0. The molecule has 2 heterocycles. The van der Waals surface area contributed by atoms with Gasteiger partial charge in [-0.15, -0.1) is 23.9 Å². The number of esters is 2. The molecule has 0 saturated heterocycles. The van der Waals surface area contributed by atoms with Crippen LogP contribution in [-0.2, 0) is 42.9 Å². The summed E-state index contributed by atoms with van der Waals surface area (Å²) >= 11 is 10.5. The number of nitrogens with two attached hydrogens (primary N) is 1. The maximum atomic E-state index is 13.9. The molecule has 69 heavy (non-hydrogen) atoms. The lowest BCUT2D eigenvalue weighted by molar-refractivity contribution is -0.229. The van der Waals surface area contributed by atoms with Crippen LogP contribution in [0.2, 0.25) is 0 Å². The van der Waals surface area contributed by atoms with Crippen molar-refractivity contribution in [3.8, 4) is 23.5 Å². The zero-order valence-electron chi connectivity index (χ0n) is 37.5. The number of benzene rings is 4. The average molecular weight is 1040 g/mol. The van der Waals surface area contributed by atoms with Crippen LogP contribution in [0.25, 0.3) is 0 Å². The lowest BCUT2D eigenvalue weighted by atomic mass is 10.2. The number of hydroxylamine groups is 1. The highest BCUT2D eigenvalue weighted by atomic mass is 32.2. The molecule has 3 N–H and O–H groups in total. The van der Waals surface area contributed by atoms with Gasteiger partial charge < -0.3 is 28.4 Å². The summed E-state index contributed by atoms with van der Waals surface area (Å²) < 4.78 is 88.1. The van der Waals surface area contributed by atoms with Crippen LogP contribution in [0.3, 0.4) is 0 Å². The normalized spacial score (nSPS) is 10.3. The molecule has 0 spiro atoms. The van der Waals surface area contributed by atoms with E-state index >= 15 is 0 Å². The van der Waals surface area contributed by atoms with Gasteiger partial charge in [0.25, 0.3) is 0 Å². The maximum absolute atomic E-state index is 13.9. The molecular formula is C41H44F2N8O14S4. The van der Waals surface area contributed by atoms with E-state index in [0.717, 1.165) is 47.5 Å². The van der Waals surface area contributed by atoms with Crippen LogP contribution in [0.1, 0.15) is 34.6 Å². The number of carbonyl (C=O) groups is 4. The number of methoxy groups -OCH3 is 3. The summed E-state index contributed by atoms with van der Waals surface area (Å²) in [5.74, 6) is -2.19. The average Bonchev–Trinajstić information content (AvgIpc) is 3.79. The molecule has 370 valence electrons. The third kappa shape index (κ3) is 16.3. The molecule has 0 aliphatic carbocycles. The number of rotatable bonds is 13. The number of aromatic nitrogens is 6. The fourth-order valence-corrected chi connectivity index (χ4v) is 6.59. The number of halogens is 2. The summed E-state index contributed by atoms with van der Waals surface area (Å²) in [6.45, 7) is 4.35. The first kappa shape index (κ1) is 56.2. The number of hydrogen-bond donors (Lipinski definition) is 2. The smallest absolute Gasteiger partial charge is 0.442 e. The van der Waals surface area contributed by atoms with Crippen LogP contribution < -0.4 is 29.6 Å². The van der Waals surface area contributed by atoms with Gasteiger partial charge in [0.15, 0.2) is 0 Å². The highest BCUT2D eigenvalue weighted by Gasteiger charge is 2.24. The number of sulfonamides is 1. The zero-order chi connectivity index (χ0) is 51.3. The number of para-hydroxylation sites is 2. The number of carbonyl (C=O) groups excluding carboxylic acids is 4. The van der Waals surface area contributed by atoms with Crippen molar-refractivity contribution in [2.75, 3.05) is 34.5 Å². The van der Waals surface area contributed by atoms with Crippen molar-refractivity contribution >= 4 is 70.6 Å². The van der Waals surface area contributed by atoms with Gasteiger partial charge in [-0.3, -0.25) is 9.13 Å². The van der Waals surface area contributed by atoms with Crippen LogP contribution in [-0.4, -0.2) is 95.7 Å². The molecule has 0 aliphatic heterocycles. The van der Waals surface area contributed by atoms with E-state index < -0.39 is 56.2 Å². The van der Waals surface area contributed by atoms with Gasteiger partial charge in [-0.05, 0) is 86.8 Å². The molecule has 28 heteroatoms. The molecule has 0 aliphatic rings. The van der Waals surface area contributed by atoms with Crippen molar-refractivity contribution in [2.24, 2.45) is 19.2 Å². The van der Waals surface area contributed by atoms with Gasteiger partial charge in [0.1, 0.15) is 28.0 Å². The molecule has 0 fully saturated rings. The Kier molecular flexibility index (Phi) is 22.5. The minimum Gasteiger partial charge on any atom is -0.497 e. The molecule has 2 aromatic heterocycles. The van der Waals surface area contributed by atoms with E-state index in [4.69, 9.17) is 48.5 Å². The monoisotopic (exact) mass is 1040 g/mol. The molecule has 22 nitrogen and oxygen atoms in total. The summed E-state index contributed by atoms with van der Waals surface area (Å²) in [5.41, 5.74) is 1.44. The molecule has 6 rings (SSSR count). The Labute approximate surface area is 407 Å². The molecule has 1 amide bonds. The number of amides is 1. The molecule has 0 saturated carbocycles. The molecular weight excluding hydrogens is 995 g/mol. The van der Waals surface area contributed by atoms with Crippen LogP contribution >= 0.6 is 36.5 Å². The van der Waals surface area contributed by atoms with Gasteiger partial charge in [-0.1, -0.05) is 53.5 Å². The minimum absolute atomic E-state index is 0.0503. The first-order valence-corrected chi connectivity index (χ1v) is 22.5. The van der Waals surface area contributed by atoms with Crippen molar-refractivity contribution in [1.29, 1.82) is 0 Å². The second kappa shape index (κ2) is 27.7. The Morgan fingerprint density at radius 3 is 1.67 bits per heavy atom. The predicted molar refractivity (Wildman–Crippen MR) is 246 cm³/mol. The Hall–Kier alpha value is -7.08. The largest absolute Gasteiger partial charge is 0.497 e. The number of nitrogens with one attached hydrogen (secondary N) is 1. The van der Waals surface area contributed by atoms with E-state index in [0.29, 0.717) is 31.0 Å². The van der Waals surface area contributed by atoms with Crippen molar-refractivity contribution in [2.45, 2.75) is 23.6 Å². The van der Waals surface area contributed by atoms with Crippen LogP contribution in [0.15, 0.2) is 107 Å². The van der Waals surface area contributed by atoms with Crippen molar-refractivity contribution in [3.63, 3.8) is 0 Å². The molecule has 4 aromatic carbocycles. The van der Waals surface area contributed by atoms with E-state index in [1.807, 2.05) is 48.8 Å². The molecule has 0 atom stereocenters. The first-order chi connectivity index (χ1) is 32.8. The van der Waals surface area contributed by atoms with Gasteiger partial charge in [-0.25, -0.2) is 41.5 Å². The highest BCUT2D eigenvalue weighted by molar-refractivity contribution is 7.94. The van der Waals surface area contributed by atoms with Crippen LogP contribution in [0, 0.1) is 21.2 Å². The third-order valence-corrected chi connectivity index (χ3v) is 10.6. The topological polar surface area (TPSA) is 260 Å². The van der Waals surface area contributed by atoms with E-state index in [1.54, 1.807) is 52.4 Å². The van der Waals surface area contributed by atoms with E-state index in [-0.39, 0.29) is 32.0 Å².